The Kier molecular flexibility index (Phi) is 4.53. The van der Waals surface area contributed by atoms with Gasteiger partial charge in [0.1, 0.15) is 11.5 Å². The van der Waals surface area contributed by atoms with Gasteiger partial charge in [0, 0.05) is 31.9 Å². The summed E-state index contributed by atoms with van der Waals surface area (Å²) in [6.45, 7) is 2.12. The van der Waals surface area contributed by atoms with Crippen molar-refractivity contribution in [2.45, 2.75) is 25.1 Å². The summed E-state index contributed by atoms with van der Waals surface area (Å²) in [7, 11) is 1.56. The molecule has 2 aliphatic rings. The number of halogens is 3. The van der Waals surface area contributed by atoms with Gasteiger partial charge in [-0.05, 0) is 30.9 Å². The van der Waals surface area contributed by atoms with Gasteiger partial charge in [-0.2, -0.15) is 18.2 Å². The summed E-state index contributed by atoms with van der Waals surface area (Å²) in [5.74, 6) is 1.93. The van der Waals surface area contributed by atoms with E-state index in [2.05, 4.69) is 19.9 Å². The Balaban J connectivity index is 1.56. The number of aromatic nitrogens is 3. The first-order chi connectivity index (χ1) is 13.0. The van der Waals surface area contributed by atoms with Gasteiger partial charge in [-0.3, -0.25) is 0 Å². The zero-order valence-corrected chi connectivity index (χ0v) is 14.9. The topological polar surface area (TPSA) is 54.4 Å². The molecule has 0 aliphatic carbocycles. The minimum Gasteiger partial charge on any atom is -0.481 e. The van der Waals surface area contributed by atoms with E-state index < -0.39 is 11.9 Å². The fraction of sp³-hybridized carbons (Fsp3) is 0.500. The van der Waals surface area contributed by atoms with Crippen molar-refractivity contribution in [2.24, 2.45) is 5.92 Å². The van der Waals surface area contributed by atoms with Crippen LogP contribution in [0.3, 0.4) is 0 Å². The Morgan fingerprint density at radius 2 is 1.93 bits per heavy atom. The van der Waals surface area contributed by atoms with Crippen LogP contribution in [0.25, 0.3) is 0 Å². The van der Waals surface area contributed by atoms with Crippen LogP contribution in [0.15, 0.2) is 30.5 Å². The van der Waals surface area contributed by atoms with Crippen LogP contribution in [0.4, 0.5) is 24.9 Å². The molecule has 27 heavy (non-hydrogen) atoms. The van der Waals surface area contributed by atoms with Crippen LogP contribution in [0.2, 0.25) is 0 Å². The summed E-state index contributed by atoms with van der Waals surface area (Å²) in [6, 6.07) is 5.88. The summed E-state index contributed by atoms with van der Waals surface area (Å²) < 4.78 is 44.1. The first-order valence-corrected chi connectivity index (χ1v) is 8.88. The first-order valence-electron chi connectivity index (χ1n) is 8.88. The number of piperidine rings is 1. The molecule has 0 N–H and O–H groups in total. The number of pyridine rings is 1. The molecule has 0 amide bonds. The van der Waals surface area contributed by atoms with E-state index in [0.29, 0.717) is 36.7 Å². The summed E-state index contributed by atoms with van der Waals surface area (Å²) in [6.07, 6.45) is -0.857. The minimum atomic E-state index is -4.44. The van der Waals surface area contributed by atoms with Crippen molar-refractivity contribution in [3.8, 4) is 5.88 Å². The summed E-state index contributed by atoms with van der Waals surface area (Å²) >= 11 is 0. The molecule has 4 heterocycles. The number of methoxy groups -OCH3 is 1. The van der Waals surface area contributed by atoms with E-state index in [-0.39, 0.29) is 6.04 Å². The van der Waals surface area contributed by atoms with Crippen molar-refractivity contribution >= 4 is 11.8 Å². The highest BCUT2D eigenvalue weighted by molar-refractivity contribution is 5.44. The van der Waals surface area contributed by atoms with Gasteiger partial charge in [0.05, 0.1) is 13.2 Å². The van der Waals surface area contributed by atoms with E-state index in [4.69, 9.17) is 4.74 Å². The van der Waals surface area contributed by atoms with Gasteiger partial charge in [-0.15, -0.1) is 0 Å². The second kappa shape index (κ2) is 6.86. The second-order valence-corrected chi connectivity index (χ2v) is 6.82. The van der Waals surface area contributed by atoms with Gasteiger partial charge in [-0.25, -0.2) is 9.97 Å². The molecule has 0 bridgehead atoms. The summed E-state index contributed by atoms with van der Waals surface area (Å²) in [5, 5.41) is 0. The standard InChI is InChI=1S/C18H20F3N5O/c1-27-16-5-8-22-17(24-16)26-10-7-12-6-9-25(11-13(12)26)15-4-2-3-14(23-15)18(19,20)21/h2-5,8,12-13H,6-7,9-11H2,1H3. The maximum atomic E-state index is 13.0. The van der Waals surface area contributed by atoms with Crippen LogP contribution in [0.1, 0.15) is 18.5 Å². The maximum Gasteiger partial charge on any atom is 0.433 e. The number of nitrogens with zero attached hydrogens (tertiary/aromatic N) is 5. The minimum absolute atomic E-state index is 0.141. The molecule has 2 atom stereocenters. The van der Waals surface area contributed by atoms with E-state index in [9.17, 15) is 13.2 Å². The van der Waals surface area contributed by atoms with Crippen LogP contribution in [0.5, 0.6) is 5.88 Å². The Bertz CT molecular complexity index is 816. The fourth-order valence-electron chi connectivity index (χ4n) is 3.94. The van der Waals surface area contributed by atoms with E-state index in [0.717, 1.165) is 25.5 Å². The fourth-order valence-corrected chi connectivity index (χ4v) is 3.94. The van der Waals surface area contributed by atoms with Gasteiger partial charge in [0.2, 0.25) is 11.8 Å². The molecule has 2 aliphatic heterocycles. The van der Waals surface area contributed by atoms with Gasteiger partial charge in [-0.1, -0.05) is 6.07 Å². The lowest BCUT2D eigenvalue weighted by atomic mass is 9.92. The summed E-state index contributed by atoms with van der Waals surface area (Å²) in [5.41, 5.74) is -0.860. The smallest absolute Gasteiger partial charge is 0.433 e. The molecule has 0 saturated carbocycles. The lowest BCUT2D eigenvalue weighted by Gasteiger charge is -2.39. The number of fused-ring (bicyclic) bond motifs is 1. The number of anilines is 2. The van der Waals surface area contributed by atoms with Crippen LogP contribution < -0.4 is 14.5 Å². The Morgan fingerprint density at radius 3 is 2.70 bits per heavy atom. The Labute approximate surface area is 155 Å². The molecule has 0 aromatic carbocycles. The Morgan fingerprint density at radius 1 is 1.11 bits per heavy atom. The van der Waals surface area contributed by atoms with Crippen molar-refractivity contribution < 1.29 is 17.9 Å². The highest BCUT2D eigenvalue weighted by Crippen LogP contribution is 2.36. The lowest BCUT2D eigenvalue weighted by molar-refractivity contribution is -0.141. The van der Waals surface area contributed by atoms with E-state index in [1.54, 1.807) is 25.4 Å². The molecule has 144 valence electrons. The number of ether oxygens (including phenoxy) is 1. The molecular formula is C18H20F3N5O. The molecule has 0 spiro atoms. The predicted molar refractivity (Wildman–Crippen MR) is 93.9 cm³/mol. The third kappa shape index (κ3) is 3.50. The van der Waals surface area contributed by atoms with Gasteiger partial charge < -0.3 is 14.5 Å². The molecular weight excluding hydrogens is 359 g/mol. The van der Waals surface area contributed by atoms with E-state index in [1.807, 2.05) is 4.90 Å². The van der Waals surface area contributed by atoms with Crippen molar-refractivity contribution in [3.63, 3.8) is 0 Å². The average molecular weight is 379 g/mol. The molecule has 0 radical (unpaired) electrons. The van der Waals surface area contributed by atoms with Crippen LogP contribution in [-0.4, -0.2) is 47.7 Å². The third-order valence-electron chi connectivity index (χ3n) is 5.29. The predicted octanol–water partition coefficient (Wildman–Crippen LogP) is 3.00. The molecule has 2 unspecified atom stereocenters. The van der Waals surface area contributed by atoms with Crippen molar-refractivity contribution in [1.29, 1.82) is 0 Å². The highest BCUT2D eigenvalue weighted by Gasteiger charge is 2.40. The van der Waals surface area contributed by atoms with E-state index >= 15 is 0 Å². The molecule has 9 heteroatoms. The quantitative estimate of drug-likeness (QED) is 0.817. The summed E-state index contributed by atoms with van der Waals surface area (Å²) in [4.78, 5) is 16.7. The molecule has 2 aromatic heterocycles. The number of alkyl halides is 3. The second-order valence-electron chi connectivity index (χ2n) is 6.82. The number of hydrogen-bond acceptors (Lipinski definition) is 6. The Hall–Kier alpha value is -2.58. The molecule has 6 nitrogen and oxygen atoms in total. The molecule has 2 saturated heterocycles. The monoisotopic (exact) mass is 379 g/mol. The average Bonchev–Trinajstić information content (AvgIpc) is 3.10. The van der Waals surface area contributed by atoms with Crippen molar-refractivity contribution in [2.75, 3.05) is 36.5 Å². The van der Waals surface area contributed by atoms with Gasteiger partial charge in [0.15, 0.2) is 0 Å². The molecule has 2 aromatic rings. The van der Waals surface area contributed by atoms with Gasteiger partial charge in [0.25, 0.3) is 0 Å². The number of rotatable bonds is 3. The van der Waals surface area contributed by atoms with Crippen LogP contribution >= 0.6 is 0 Å². The van der Waals surface area contributed by atoms with Crippen molar-refractivity contribution in [3.05, 3.63) is 36.2 Å². The zero-order valence-electron chi connectivity index (χ0n) is 14.9. The largest absolute Gasteiger partial charge is 0.481 e. The lowest BCUT2D eigenvalue weighted by Crippen LogP contribution is -2.49. The maximum absolute atomic E-state index is 13.0. The normalized spacial score (nSPS) is 22.7. The molecule has 2 fully saturated rings. The molecule has 4 rings (SSSR count). The first kappa shape index (κ1) is 17.8. The van der Waals surface area contributed by atoms with Crippen LogP contribution in [-0.2, 0) is 6.18 Å². The highest BCUT2D eigenvalue weighted by atomic mass is 19.4. The SMILES string of the molecule is COc1ccnc(N2CCC3CCN(c4cccc(C(F)(F)F)n4)CC32)n1. The van der Waals surface area contributed by atoms with Gasteiger partial charge >= 0.3 is 6.18 Å². The van der Waals surface area contributed by atoms with Crippen LogP contribution in [0, 0.1) is 5.92 Å². The zero-order chi connectivity index (χ0) is 19.0. The number of hydrogen-bond donors (Lipinski definition) is 0. The van der Waals surface area contributed by atoms with Crippen molar-refractivity contribution in [1.82, 2.24) is 15.0 Å². The third-order valence-corrected chi connectivity index (χ3v) is 5.29. The van der Waals surface area contributed by atoms with E-state index in [1.165, 1.54) is 6.07 Å².